The summed E-state index contributed by atoms with van der Waals surface area (Å²) >= 11 is 0. The highest BCUT2D eigenvalue weighted by Crippen LogP contribution is 2.20. The van der Waals surface area contributed by atoms with Crippen LogP contribution >= 0.6 is 0 Å². The number of carboxylic acids is 1. The van der Waals surface area contributed by atoms with Crippen LogP contribution in [-0.4, -0.2) is 94.0 Å². The number of carbonyl (C=O) groups excluding carboxylic acids is 5. The minimum Gasteiger partial charge on any atom is -0.480 e. The smallest absolute Gasteiger partial charge is 0.325 e. The summed E-state index contributed by atoms with van der Waals surface area (Å²) in [6, 6.07) is -5.74. The molecule has 1 aliphatic heterocycles. The number of aliphatic carboxylic acids is 1. The summed E-state index contributed by atoms with van der Waals surface area (Å²) in [7, 11) is 0. The molecule has 0 aliphatic carbocycles. The Hall–Kier alpha value is -3.26. The lowest BCUT2D eigenvalue weighted by molar-refractivity contribution is -0.142. The fourth-order valence-electron chi connectivity index (χ4n) is 3.79. The third-order valence-electron chi connectivity index (χ3n) is 5.74. The van der Waals surface area contributed by atoms with Gasteiger partial charge in [0, 0.05) is 13.0 Å². The van der Waals surface area contributed by atoms with Crippen molar-refractivity contribution in [2.75, 3.05) is 13.2 Å². The van der Waals surface area contributed by atoms with Crippen LogP contribution < -0.4 is 27.4 Å². The normalized spacial score (nSPS) is 18.6. The number of likely N-dealkylation sites (tertiary alicyclic amines) is 1. The van der Waals surface area contributed by atoms with Crippen LogP contribution in [0.15, 0.2) is 0 Å². The lowest BCUT2D eigenvalue weighted by Crippen LogP contribution is -2.58. The maximum Gasteiger partial charge on any atom is 0.325 e. The molecule has 0 bridgehead atoms. The van der Waals surface area contributed by atoms with Crippen molar-refractivity contribution < 1.29 is 39.0 Å². The number of primary amides is 1. The number of aliphatic hydroxyl groups excluding tert-OH is 1. The van der Waals surface area contributed by atoms with Gasteiger partial charge in [0.05, 0.1) is 12.6 Å². The molecule has 1 fully saturated rings. The molecule has 0 aromatic rings. The number of carboxylic acid groups (broad SMARTS) is 1. The Morgan fingerprint density at radius 1 is 1.00 bits per heavy atom. The minimum atomic E-state index is -1.51. The molecule has 1 heterocycles. The highest BCUT2D eigenvalue weighted by atomic mass is 16.4. The molecule has 1 rings (SSSR count). The Balaban J connectivity index is 2.95. The van der Waals surface area contributed by atoms with E-state index < -0.39 is 66.4 Å². The van der Waals surface area contributed by atoms with Crippen molar-refractivity contribution in [3.63, 3.8) is 0 Å². The van der Waals surface area contributed by atoms with Crippen molar-refractivity contribution in [1.29, 1.82) is 0 Å². The second kappa shape index (κ2) is 14.3. The van der Waals surface area contributed by atoms with Crippen LogP contribution in [0.2, 0.25) is 0 Å². The van der Waals surface area contributed by atoms with E-state index in [1.807, 2.05) is 13.8 Å². The molecule has 5 atom stereocenters. The average molecular weight is 515 g/mol. The van der Waals surface area contributed by atoms with Gasteiger partial charge in [-0.3, -0.25) is 28.8 Å². The Kier molecular flexibility index (Phi) is 12.3. The molecule has 36 heavy (non-hydrogen) atoms. The quantitative estimate of drug-likeness (QED) is 0.126. The van der Waals surface area contributed by atoms with Gasteiger partial charge in [-0.1, -0.05) is 13.8 Å². The van der Waals surface area contributed by atoms with E-state index in [0.717, 1.165) is 0 Å². The Bertz CT molecular complexity index is 835. The monoisotopic (exact) mass is 514 g/mol. The van der Waals surface area contributed by atoms with Crippen molar-refractivity contribution in [1.82, 2.24) is 20.9 Å². The lowest BCUT2D eigenvalue weighted by Gasteiger charge is -2.29. The molecule has 5 amide bonds. The van der Waals surface area contributed by atoms with Gasteiger partial charge in [0.2, 0.25) is 29.5 Å². The van der Waals surface area contributed by atoms with Gasteiger partial charge in [-0.05, 0) is 38.5 Å². The van der Waals surface area contributed by atoms with Crippen LogP contribution in [0.3, 0.4) is 0 Å². The standard InChI is InChI=1S/C22H38N6O8/c1-11(2)9-13(23)21(34)28-8-4-5-16(28)20(33)26-14(6-7-17(24)30)18(31)27-15(10-29)19(32)25-12(3)22(35)36/h11-16,29H,4-10,23H2,1-3H3,(H2,24,30)(H,25,32)(H,26,33)(H,27,31)(H,35,36)/t12-,13-,14-,15-,16-/m0/s1. The third-order valence-corrected chi connectivity index (χ3v) is 5.74. The molecule has 9 N–H and O–H groups in total. The fourth-order valence-corrected chi connectivity index (χ4v) is 3.79. The predicted molar refractivity (Wildman–Crippen MR) is 127 cm³/mol. The summed E-state index contributed by atoms with van der Waals surface area (Å²) in [5.74, 6) is -4.72. The Morgan fingerprint density at radius 3 is 2.14 bits per heavy atom. The van der Waals surface area contributed by atoms with Gasteiger partial charge in [-0.2, -0.15) is 0 Å². The van der Waals surface area contributed by atoms with E-state index in [1.54, 1.807) is 0 Å². The highest BCUT2D eigenvalue weighted by molar-refractivity contribution is 5.95. The largest absolute Gasteiger partial charge is 0.480 e. The Morgan fingerprint density at radius 2 is 1.61 bits per heavy atom. The van der Waals surface area contributed by atoms with Crippen molar-refractivity contribution in [3.8, 4) is 0 Å². The number of hydrogen-bond acceptors (Lipinski definition) is 8. The lowest BCUT2D eigenvalue weighted by atomic mass is 10.0. The van der Waals surface area contributed by atoms with Gasteiger partial charge in [0.25, 0.3) is 0 Å². The summed E-state index contributed by atoms with van der Waals surface area (Å²) in [6.07, 6.45) is 0.886. The number of amides is 5. The molecule has 0 spiro atoms. The number of rotatable bonds is 14. The molecular weight excluding hydrogens is 476 g/mol. The van der Waals surface area contributed by atoms with Gasteiger partial charge < -0.3 is 42.5 Å². The summed E-state index contributed by atoms with van der Waals surface area (Å²) in [6.45, 7) is 4.53. The summed E-state index contributed by atoms with van der Waals surface area (Å²) in [4.78, 5) is 74.5. The Labute approximate surface area is 209 Å². The van der Waals surface area contributed by atoms with E-state index in [-0.39, 0.29) is 24.7 Å². The van der Waals surface area contributed by atoms with Gasteiger partial charge >= 0.3 is 5.97 Å². The highest BCUT2D eigenvalue weighted by Gasteiger charge is 2.38. The molecule has 0 aromatic heterocycles. The first-order valence-electron chi connectivity index (χ1n) is 11.9. The molecule has 14 heteroatoms. The average Bonchev–Trinajstić information content (AvgIpc) is 3.28. The number of aliphatic hydroxyl groups is 1. The first kappa shape index (κ1) is 30.8. The van der Waals surface area contributed by atoms with E-state index in [4.69, 9.17) is 16.6 Å². The topological polar surface area (TPSA) is 234 Å². The van der Waals surface area contributed by atoms with Crippen LogP contribution in [-0.2, 0) is 28.8 Å². The number of nitrogens with two attached hydrogens (primary N) is 2. The SMILES string of the molecule is CC(C)C[C@H](N)C(=O)N1CCC[C@H]1C(=O)N[C@@H](CCC(N)=O)C(=O)N[C@@H](CO)C(=O)N[C@@H](C)C(=O)O. The summed E-state index contributed by atoms with van der Waals surface area (Å²) in [5.41, 5.74) is 11.2. The second-order valence-electron chi connectivity index (χ2n) is 9.30. The minimum absolute atomic E-state index is 0.177. The fraction of sp³-hybridized carbons (Fsp3) is 0.727. The molecule has 0 saturated carbocycles. The number of hydrogen-bond donors (Lipinski definition) is 7. The van der Waals surface area contributed by atoms with Crippen LogP contribution in [0.4, 0.5) is 0 Å². The molecule has 1 saturated heterocycles. The molecule has 0 aromatic carbocycles. The number of nitrogens with one attached hydrogen (secondary N) is 3. The zero-order valence-corrected chi connectivity index (χ0v) is 20.9. The van der Waals surface area contributed by atoms with E-state index in [9.17, 15) is 33.9 Å². The zero-order chi connectivity index (χ0) is 27.6. The molecule has 1 aliphatic rings. The second-order valence-corrected chi connectivity index (χ2v) is 9.30. The first-order valence-corrected chi connectivity index (χ1v) is 11.9. The van der Waals surface area contributed by atoms with E-state index >= 15 is 0 Å². The summed E-state index contributed by atoms with van der Waals surface area (Å²) in [5, 5.41) is 25.3. The van der Waals surface area contributed by atoms with Crippen molar-refractivity contribution in [2.24, 2.45) is 17.4 Å². The van der Waals surface area contributed by atoms with Gasteiger partial charge in [0.1, 0.15) is 24.2 Å². The van der Waals surface area contributed by atoms with Crippen LogP contribution in [0, 0.1) is 5.92 Å². The van der Waals surface area contributed by atoms with Crippen molar-refractivity contribution in [2.45, 2.75) is 83.1 Å². The molecule has 204 valence electrons. The van der Waals surface area contributed by atoms with Crippen LogP contribution in [0.1, 0.15) is 52.9 Å². The van der Waals surface area contributed by atoms with Gasteiger partial charge in [-0.15, -0.1) is 0 Å². The number of carbonyl (C=O) groups is 6. The third kappa shape index (κ3) is 9.41. The maximum atomic E-state index is 13.0. The molecular formula is C22H38N6O8. The maximum absolute atomic E-state index is 13.0. The van der Waals surface area contributed by atoms with Gasteiger partial charge in [0.15, 0.2) is 0 Å². The van der Waals surface area contributed by atoms with Crippen LogP contribution in [0.5, 0.6) is 0 Å². The predicted octanol–water partition coefficient (Wildman–Crippen LogP) is -2.83. The molecule has 0 radical (unpaired) electrons. The van der Waals surface area contributed by atoms with E-state index in [0.29, 0.717) is 25.8 Å². The molecule has 0 unspecified atom stereocenters. The van der Waals surface area contributed by atoms with E-state index in [1.165, 1.54) is 11.8 Å². The van der Waals surface area contributed by atoms with E-state index in [2.05, 4.69) is 16.0 Å². The first-order chi connectivity index (χ1) is 16.8. The number of nitrogens with zero attached hydrogens (tertiary/aromatic N) is 1. The summed E-state index contributed by atoms with van der Waals surface area (Å²) < 4.78 is 0. The van der Waals surface area contributed by atoms with Crippen molar-refractivity contribution >= 4 is 35.5 Å². The zero-order valence-electron chi connectivity index (χ0n) is 20.9. The van der Waals surface area contributed by atoms with Crippen LogP contribution in [0.25, 0.3) is 0 Å². The van der Waals surface area contributed by atoms with Gasteiger partial charge in [-0.25, -0.2) is 0 Å². The van der Waals surface area contributed by atoms with Crippen molar-refractivity contribution in [3.05, 3.63) is 0 Å². The molecule has 14 nitrogen and oxygen atoms in total.